The summed E-state index contributed by atoms with van der Waals surface area (Å²) in [5, 5.41) is 22.2. The normalized spacial score (nSPS) is 13.3. The Balaban J connectivity index is 1.83. The molecule has 3 rings (SSSR count). The molecule has 2 heterocycles. The summed E-state index contributed by atoms with van der Waals surface area (Å²) in [7, 11) is 0. The average Bonchev–Trinajstić information content (AvgIpc) is 2.86. The van der Waals surface area contributed by atoms with Crippen LogP contribution in [0.2, 0.25) is 0 Å². The van der Waals surface area contributed by atoms with Crippen LogP contribution in [0.4, 0.5) is 5.95 Å². The molecular weight excluding hydrogens is 444 g/mol. The largest absolute Gasteiger partial charge is 0.481 e. The number of aliphatic imine (C=N–C) groups is 1. The van der Waals surface area contributed by atoms with Crippen LogP contribution >= 0.6 is 0 Å². The second-order valence-corrected chi connectivity index (χ2v) is 8.17. The molecule has 1 atom stereocenters. The molecule has 5 N–H and O–H groups in total. The molecule has 3 aromatic rings. The number of carbonyl (C=O) groups is 1. The summed E-state index contributed by atoms with van der Waals surface area (Å²) in [4.78, 5) is 28.8. The molecule has 2 aromatic heterocycles. The molecule has 0 saturated carbocycles. The Bertz CT molecular complexity index is 1330. The predicted octanol–water partition coefficient (Wildman–Crippen LogP) is 3.07. The number of rotatable bonds is 9. The first kappa shape index (κ1) is 25.0. The highest BCUT2D eigenvalue weighted by Gasteiger charge is 2.29. The van der Waals surface area contributed by atoms with E-state index in [2.05, 4.69) is 31.1 Å². The topological polar surface area (TPSA) is 177 Å². The number of pyridine rings is 1. The van der Waals surface area contributed by atoms with Crippen LogP contribution in [0.5, 0.6) is 0 Å². The van der Waals surface area contributed by atoms with Crippen LogP contribution in [0.3, 0.4) is 0 Å². The van der Waals surface area contributed by atoms with Gasteiger partial charge in [0.25, 0.3) is 0 Å². The smallest absolute Gasteiger partial charge is 0.304 e. The second-order valence-electron chi connectivity index (χ2n) is 8.17. The molecule has 0 aliphatic carbocycles. The molecule has 0 fully saturated rings. The van der Waals surface area contributed by atoms with E-state index in [0.29, 0.717) is 40.3 Å². The van der Waals surface area contributed by atoms with Crippen LogP contribution in [0.1, 0.15) is 49.3 Å². The van der Waals surface area contributed by atoms with Crippen molar-refractivity contribution in [1.82, 2.24) is 15.0 Å². The van der Waals surface area contributed by atoms with Crippen LogP contribution in [0.15, 0.2) is 58.6 Å². The highest BCUT2D eigenvalue weighted by Crippen LogP contribution is 2.30. The zero-order valence-corrected chi connectivity index (χ0v) is 19.5. The first-order valence-corrected chi connectivity index (χ1v) is 10.9. The minimum absolute atomic E-state index is 0.0120. The highest BCUT2D eigenvalue weighted by atomic mass is 16.4. The Morgan fingerprint density at radius 2 is 1.97 bits per heavy atom. The number of aliphatic carboxylic acids is 1. The summed E-state index contributed by atoms with van der Waals surface area (Å²) in [6.07, 6.45) is 2.10. The molecule has 0 bridgehead atoms. The third-order valence-corrected chi connectivity index (χ3v) is 5.65. The Labute approximate surface area is 203 Å². The lowest BCUT2D eigenvalue weighted by Gasteiger charge is -2.26. The Hall–Kier alpha value is -4.65. The van der Waals surface area contributed by atoms with Crippen LogP contribution in [0, 0.1) is 11.3 Å². The molecule has 0 amide bonds. The third kappa shape index (κ3) is 6.23. The first-order chi connectivity index (χ1) is 16.8. The van der Waals surface area contributed by atoms with E-state index < -0.39 is 11.4 Å². The number of aromatic nitrogens is 3. The number of benzene rings is 1. The van der Waals surface area contributed by atoms with E-state index >= 15 is 0 Å². The molecule has 35 heavy (non-hydrogen) atoms. The maximum atomic E-state index is 11.3. The summed E-state index contributed by atoms with van der Waals surface area (Å²) >= 11 is 0. The molecule has 0 spiro atoms. The summed E-state index contributed by atoms with van der Waals surface area (Å²) in [6.45, 7) is 4.06. The van der Waals surface area contributed by atoms with Gasteiger partial charge in [-0.1, -0.05) is 32.0 Å². The van der Waals surface area contributed by atoms with Crippen LogP contribution < -0.4 is 11.6 Å². The number of hydrazone groups is 1. The van der Waals surface area contributed by atoms with Crippen molar-refractivity contribution in [2.75, 3.05) is 5.73 Å². The molecule has 10 nitrogen and oxygen atoms in total. The maximum absolute atomic E-state index is 11.3. The van der Waals surface area contributed by atoms with Gasteiger partial charge in [-0.2, -0.15) is 10.4 Å². The molecule has 0 radical (unpaired) electrons. The van der Waals surface area contributed by atoms with Crippen molar-refractivity contribution in [2.24, 2.45) is 15.9 Å². The van der Waals surface area contributed by atoms with Gasteiger partial charge in [0.05, 0.1) is 47.9 Å². The van der Waals surface area contributed by atoms with Gasteiger partial charge < -0.3 is 16.7 Å². The number of carboxylic acid groups (broad SMARTS) is 1. The summed E-state index contributed by atoms with van der Waals surface area (Å²) in [5.74, 6) is 4.76. The fraction of sp³-hybridized carbons (Fsp3) is 0.240. The minimum Gasteiger partial charge on any atom is -0.481 e. The summed E-state index contributed by atoms with van der Waals surface area (Å²) < 4.78 is 0. The SMILES string of the molecule is CCC(C)(CC(=O)O)c1cccc(CN=C/C(=N\N)c2cc(-c3cccc(C#N)c3)nc(N)n2)n1. The van der Waals surface area contributed by atoms with E-state index in [-0.39, 0.29) is 24.6 Å². The Morgan fingerprint density at radius 3 is 2.66 bits per heavy atom. The quantitative estimate of drug-likeness (QED) is 0.243. The van der Waals surface area contributed by atoms with Gasteiger partial charge in [-0.3, -0.25) is 14.8 Å². The van der Waals surface area contributed by atoms with E-state index in [1.807, 2.05) is 38.1 Å². The fourth-order valence-electron chi connectivity index (χ4n) is 3.52. The fourth-order valence-corrected chi connectivity index (χ4v) is 3.52. The predicted molar refractivity (Wildman–Crippen MR) is 134 cm³/mol. The van der Waals surface area contributed by atoms with E-state index in [0.717, 1.165) is 0 Å². The van der Waals surface area contributed by atoms with E-state index in [9.17, 15) is 9.90 Å². The Morgan fingerprint density at radius 1 is 1.20 bits per heavy atom. The number of hydrogen-bond acceptors (Lipinski definition) is 9. The van der Waals surface area contributed by atoms with Gasteiger partial charge in [-0.05, 0) is 36.8 Å². The monoisotopic (exact) mass is 470 g/mol. The van der Waals surface area contributed by atoms with Gasteiger partial charge in [-0.25, -0.2) is 9.97 Å². The number of nitrogen functional groups attached to an aromatic ring is 1. The van der Waals surface area contributed by atoms with Gasteiger partial charge in [0, 0.05) is 16.7 Å². The second kappa shape index (κ2) is 11.0. The number of nitrogens with zero attached hydrogens (tertiary/aromatic N) is 6. The maximum Gasteiger partial charge on any atom is 0.304 e. The molecule has 0 aliphatic rings. The number of nitriles is 1. The minimum atomic E-state index is -0.869. The van der Waals surface area contributed by atoms with Crippen LogP contribution in [-0.4, -0.2) is 38.0 Å². The van der Waals surface area contributed by atoms with E-state index in [1.165, 1.54) is 6.21 Å². The van der Waals surface area contributed by atoms with Crippen molar-refractivity contribution in [3.8, 4) is 17.3 Å². The lowest BCUT2D eigenvalue weighted by atomic mass is 9.80. The van der Waals surface area contributed by atoms with Gasteiger partial charge in [0.1, 0.15) is 5.71 Å². The van der Waals surface area contributed by atoms with Gasteiger partial charge >= 0.3 is 5.97 Å². The summed E-state index contributed by atoms with van der Waals surface area (Å²) in [5.41, 5.74) is 9.09. The zero-order chi connectivity index (χ0) is 25.4. The number of hydrogen-bond donors (Lipinski definition) is 3. The van der Waals surface area contributed by atoms with Gasteiger partial charge in [0.2, 0.25) is 5.95 Å². The van der Waals surface area contributed by atoms with Crippen molar-refractivity contribution in [3.05, 3.63) is 71.2 Å². The third-order valence-electron chi connectivity index (χ3n) is 5.65. The summed E-state index contributed by atoms with van der Waals surface area (Å²) in [6, 6.07) is 16.2. The molecule has 10 heteroatoms. The number of anilines is 1. The van der Waals surface area contributed by atoms with Crippen molar-refractivity contribution in [3.63, 3.8) is 0 Å². The highest BCUT2D eigenvalue weighted by molar-refractivity contribution is 6.37. The lowest BCUT2D eigenvalue weighted by Crippen LogP contribution is -2.26. The number of carboxylic acids is 1. The molecule has 1 unspecified atom stereocenters. The zero-order valence-electron chi connectivity index (χ0n) is 19.5. The van der Waals surface area contributed by atoms with Crippen molar-refractivity contribution < 1.29 is 9.90 Å². The van der Waals surface area contributed by atoms with Crippen molar-refractivity contribution in [2.45, 2.75) is 38.6 Å². The first-order valence-electron chi connectivity index (χ1n) is 10.9. The van der Waals surface area contributed by atoms with Gasteiger partial charge in [-0.15, -0.1) is 0 Å². The van der Waals surface area contributed by atoms with E-state index in [1.54, 1.807) is 24.3 Å². The number of nitrogens with two attached hydrogens (primary N) is 2. The van der Waals surface area contributed by atoms with Crippen molar-refractivity contribution in [1.29, 1.82) is 5.26 Å². The van der Waals surface area contributed by atoms with E-state index in [4.69, 9.17) is 16.8 Å². The molecule has 0 saturated heterocycles. The average molecular weight is 471 g/mol. The molecular formula is C25H26N8O2. The standard InChI is InChI=1S/C25H26N8O2/c1-3-25(2,12-23(34)35)22-9-5-8-18(30-22)14-29-15-21(33-28)20-11-19(31-24(27)32-20)17-7-4-6-16(10-17)13-26/h4-11,15H,3,12,14,28H2,1-2H3,(H,34,35)(H2,27,31,32)/b29-15?,33-21+. The molecule has 178 valence electrons. The van der Waals surface area contributed by atoms with Crippen molar-refractivity contribution >= 4 is 23.8 Å². The molecule has 1 aromatic carbocycles. The lowest BCUT2D eigenvalue weighted by molar-refractivity contribution is -0.138. The van der Waals surface area contributed by atoms with Crippen LogP contribution in [-0.2, 0) is 16.8 Å². The molecule has 0 aliphatic heterocycles. The van der Waals surface area contributed by atoms with Crippen LogP contribution in [0.25, 0.3) is 11.3 Å². The Kier molecular flexibility index (Phi) is 7.84. The van der Waals surface area contributed by atoms with Gasteiger partial charge in [0.15, 0.2) is 0 Å².